The third-order valence-electron chi connectivity index (χ3n) is 6.75. The van der Waals surface area contributed by atoms with E-state index in [0.717, 1.165) is 24.3 Å². The van der Waals surface area contributed by atoms with Crippen LogP contribution in [0.3, 0.4) is 0 Å². The fourth-order valence-electron chi connectivity index (χ4n) is 4.33. The summed E-state index contributed by atoms with van der Waals surface area (Å²) in [4.78, 5) is 40.7. The Hall–Kier alpha value is -6.05. The standard InChI is InChI=1S/C16H14FN3O2.C15H14FN3O4/c1-9-5-3-4-6-11(9)20-14-10(16(21)22-2)7-12-15(13(14)17)19-8-18-12;1-8-5-3-4-6-10(8)18-14-9(15(20)23-2)7-11(19(21)22)13(17)12(14)16/h3-8,20H,1-2H3,(H,18,19);3-7,18H,17H2,1-2H3. The number of imidazole rings is 1. The van der Waals surface area contributed by atoms with Crippen molar-refractivity contribution in [2.24, 2.45) is 0 Å². The summed E-state index contributed by atoms with van der Waals surface area (Å²) in [7, 11) is 2.36. The number of esters is 2. The molecule has 0 amide bonds. The molecule has 1 aromatic heterocycles. The van der Waals surface area contributed by atoms with Crippen molar-refractivity contribution in [2.45, 2.75) is 13.8 Å². The van der Waals surface area contributed by atoms with Crippen LogP contribution >= 0.6 is 0 Å². The van der Waals surface area contributed by atoms with Gasteiger partial charge in [0.1, 0.15) is 11.2 Å². The van der Waals surface area contributed by atoms with Crippen LogP contribution in [0.25, 0.3) is 11.0 Å². The van der Waals surface area contributed by atoms with E-state index < -0.39 is 39.9 Å². The minimum absolute atomic E-state index is 0.0562. The summed E-state index contributed by atoms with van der Waals surface area (Å²) in [6.45, 7) is 3.68. The number of nitro groups is 1. The summed E-state index contributed by atoms with van der Waals surface area (Å²) < 4.78 is 38.5. The van der Waals surface area contributed by atoms with Crippen LogP contribution < -0.4 is 16.4 Å². The van der Waals surface area contributed by atoms with E-state index >= 15 is 0 Å². The van der Waals surface area contributed by atoms with Gasteiger partial charge in [0.25, 0.3) is 5.69 Å². The summed E-state index contributed by atoms with van der Waals surface area (Å²) >= 11 is 0. The summed E-state index contributed by atoms with van der Waals surface area (Å²) in [5, 5.41) is 16.7. The first-order valence-corrected chi connectivity index (χ1v) is 13.2. The number of aromatic nitrogens is 2. The lowest BCUT2D eigenvalue weighted by Crippen LogP contribution is -2.11. The summed E-state index contributed by atoms with van der Waals surface area (Å²) in [5.74, 6) is -3.21. The third kappa shape index (κ3) is 6.64. The van der Waals surface area contributed by atoms with Crippen molar-refractivity contribution in [1.29, 1.82) is 0 Å². The highest BCUT2D eigenvalue weighted by atomic mass is 19.1. The molecule has 0 aliphatic heterocycles. The Bertz CT molecular complexity index is 1930. The molecule has 5 aromatic rings. The number of halogens is 2. The van der Waals surface area contributed by atoms with E-state index in [4.69, 9.17) is 10.5 Å². The van der Waals surface area contributed by atoms with Gasteiger partial charge in [-0.3, -0.25) is 10.1 Å². The maximum atomic E-state index is 14.7. The summed E-state index contributed by atoms with van der Waals surface area (Å²) in [6.07, 6.45) is 1.38. The number of carbonyl (C=O) groups is 2. The second-order valence-corrected chi connectivity index (χ2v) is 9.58. The first-order valence-electron chi connectivity index (χ1n) is 13.2. The first kappa shape index (κ1) is 31.9. The molecule has 14 heteroatoms. The van der Waals surface area contributed by atoms with Gasteiger partial charge in [0.05, 0.1) is 53.5 Å². The van der Waals surface area contributed by atoms with E-state index in [0.29, 0.717) is 16.9 Å². The topological polar surface area (TPSA) is 174 Å². The Morgan fingerprint density at radius 2 is 1.36 bits per heavy atom. The van der Waals surface area contributed by atoms with Gasteiger partial charge in [-0.15, -0.1) is 0 Å². The van der Waals surface area contributed by atoms with Crippen molar-refractivity contribution in [2.75, 3.05) is 30.6 Å². The minimum atomic E-state index is -1.08. The van der Waals surface area contributed by atoms with Crippen LogP contribution in [0, 0.1) is 35.6 Å². The Morgan fingerprint density at radius 1 is 0.867 bits per heavy atom. The SMILES string of the molecule is COC(=O)c1cc([N+](=O)[O-])c(N)c(F)c1Nc1ccccc1C.COC(=O)c1cc2[nH]cnc2c(F)c1Nc1ccccc1C. The van der Waals surface area contributed by atoms with Crippen LogP contribution in [-0.4, -0.2) is 41.0 Å². The number of aryl methyl sites for hydroxylation is 2. The van der Waals surface area contributed by atoms with Crippen molar-refractivity contribution < 1.29 is 32.8 Å². The molecule has 0 unspecified atom stereocenters. The zero-order valence-electron chi connectivity index (χ0n) is 24.5. The number of nitro benzene ring substituents is 1. The molecule has 45 heavy (non-hydrogen) atoms. The lowest BCUT2D eigenvalue weighted by Gasteiger charge is -2.15. The monoisotopic (exact) mass is 618 g/mol. The fourth-order valence-corrected chi connectivity index (χ4v) is 4.33. The lowest BCUT2D eigenvalue weighted by molar-refractivity contribution is -0.384. The van der Waals surface area contributed by atoms with E-state index in [2.05, 4.69) is 25.3 Å². The second kappa shape index (κ2) is 13.5. The second-order valence-electron chi connectivity index (χ2n) is 9.58. The van der Waals surface area contributed by atoms with Crippen LogP contribution in [0.5, 0.6) is 0 Å². The van der Waals surface area contributed by atoms with E-state index in [1.165, 1.54) is 19.5 Å². The number of nitrogen functional groups attached to an aromatic ring is 1. The molecular weight excluding hydrogens is 590 g/mol. The quantitative estimate of drug-likeness (QED) is 0.0665. The van der Waals surface area contributed by atoms with Crippen LogP contribution in [-0.2, 0) is 9.47 Å². The number of hydrogen-bond donors (Lipinski definition) is 4. The van der Waals surface area contributed by atoms with Gasteiger partial charge in [0, 0.05) is 17.4 Å². The molecule has 0 aliphatic carbocycles. The fraction of sp³-hybridized carbons (Fsp3) is 0.129. The van der Waals surface area contributed by atoms with Crippen LogP contribution in [0.1, 0.15) is 31.8 Å². The molecule has 0 saturated heterocycles. The Balaban J connectivity index is 0.000000205. The highest BCUT2D eigenvalue weighted by Crippen LogP contribution is 2.36. The number of rotatable bonds is 7. The van der Waals surface area contributed by atoms with E-state index in [-0.39, 0.29) is 28.0 Å². The smallest absolute Gasteiger partial charge is 0.340 e. The number of methoxy groups -OCH3 is 2. The normalized spacial score (nSPS) is 10.4. The maximum absolute atomic E-state index is 14.7. The third-order valence-corrected chi connectivity index (χ3v) is 6.75. The largest absolute Gasteiger partial charge is 0.465 e. The predicted molar refractivity (Wildman–Crippen MR) is 165 cm³/mol. The zero-order chi connectivity index (χ0) is 32.8. The van der Waals surface area contributed by atoms with Gasteiger partial charge >= 0.3 is 11.9 Å². The molecule has 12 nitrogen and oxygen atoms in total. The number of ether oxygens (including phenoxy) is 2. The van der Waals surface area contributed by atoms with E-state index in [1.807, 2.05) is 31.2 Å². The highest BCUT2D eigenvalue weighted by Gasteiger charge is 2.27. The number of nitrogens with one attached hydrogen (secondary N) is 3. The summed E-state index contributed by atoms with van der Waals surface area (Å²) in [5.41, 5.74) is 7.29. The Labute approximate surface area is 255 Å². The van der Waals surface area contributed by atoms with Crippen LogP contribution in [0.15, 0.2) is 67.0 Å². The van der Waals surface area contributed by atoms with Gasteiger partial charge in [-0.1, -0.05) is 36.4 Å². The number of hydrogen-bond acceptors (Lipinski definition) is 10. The molecule has 0 bridgehead atoms. The van der Waals surface area contributed by atoms with Gasteiger partial charge in [-0.25, -0.2) is 23.4 Å². The molecule has 232 valence electrons. The van der Waals surface area contributed by atoms with Crippen LogP contribution in [0.2, 0.25) is 0 Å². The summed E-state index contributed by atoms with van der Waals surface area (Å²) in [6, 6.07) is 16.8. The number of fused-ring (bicyclic) bond motifs is 1. The molecule has 4 aromatic carbocycles. The molecule has 5 rings (SSSR count). The number of nitrogens with two attached hydrogens (primary N) is 1. The van der Waals surface area contributed by atoms with Gasteiger partial charge in [0.15, 0.2) is 11.6 Å². The number of aromatic amines is 1. The van der Waals surface area contributed by atoms with Gasteiger partial charge < -0.3 is 30.8 Å². The van der Waals surface area contributed by atoms with Crippen LogP contribution in [0.4, 0.5) is 42.9 Å². The minimum Gasteiger partial charge on any atom is -0.465 e. The van der Waals surface area contributed by atoms with Crippen molar-refractivity contribution in [3.8, 4) is 0 Å². The molecule has 0 radical (unpaired) electrons. The highest BCUT2D eigenvalue weighted by molar-refractivity contribution is 6.01. The van der Waals surface area contributed by atoms with Crippen molar-refractivity contribution in [3.05, 3.63) is 111 Å². The molecular formula is C31H28F2N6O6. The molecule has 0 atom stereocenters. The average Bonchev–Trinajstić information content (AvgIpc) is 3.51. The number of anilines is 5. The van der Waals surface area contributed by atoms with Gasteiger partial charge in [-0.05, 0) is 43.2 Å². The Kier molecular flexibility index (Phi) is 9.56. The predicted octanol–water partition coefficient (Wildman–Crippen LogP) is 6.70. The molecule has 0 spiro atoms. The van der Waals surface area contributed by atoms with Crippen molar-refractivity contribution in [3.63, 3.8) is 0 Å². The molecule has 0 saturated carbocycles. The van der Waals surface area contributed by atoms with E-state index in [1.54, 1.807) is 31.2 Å². The molecule has 0 aliphatic rings. The van der Waals surface area contributed by atoms with Crippen molar-refractivity contribution in [1.82, 2.24) is 9.97 Å². The number of H-pyrrole nitrogens is 1. The molecule has 1 heterocycles. The number of benzene rings is 4. The first-order chi connectivity index (χ1) is 21.5. The number of carbonyl (C=O) groups excluding carboxylic acids is 2. The van der Waals surface area contributed by atoms with Gasteiger partial charge in [0.2, 0.25) is 0 Å². The zero-order valence-corrected chi connectivity index (χ0v) is 24.5. The number of para-hydroxylation sites is 2. The van der Waals surface area contributed by atoms with Gasteiger partial charge in [-0.2, -0.15) is 0 Å². The molecule has 0 fully saturated rings. The van der Waals surface area contributed by atoms with E-state index in [9.17, 15) is 28.5 Å². The average molecular weight is 619 g/mol. The Morgan fingerprint density at radius 3 is 1.84 bits per heavy atom. The molecule has 5 N–H and O–H groups in total. The lowest BCUT2D eigenvalue weighted by atomic mass is 10.1. The number of nitrogens with zero attached hydrogens (tertiary/aromatic N) is 2. The van der Waals surface area contributed by atoms with Crippen molar-refractivity contribution >= 4 is 57.1 Å². The maximum Gasteiger partial charge on any atom is 0.340 e.